The molecule has 0 unspecified atom stereocenters. The number of hydrogen-bond donors (Lipinski definition) is 1. The Bertz CT molecular complexity index is 544. The molecule has 0 spiro atoms. The number of amides is 2. The molecular weight excluding hydrogens is 330 g/mol. The van der Waals surface area contributed by atoms with Crippen molar-refractivity contribution in [3.05, 3.63) is 30.3 Å². The summed E-state index contributed by atoms with van der Waals surface area (Å²) in [5, 5.41) is 2.90. The molecule has 1 N–H and O–H groups in total. The molecule has 2 rings (SSSR count). The lowest BCUT2D eigenvalue weighted by atomic mass is 10.2. The highest BCUT2D eigenvalue weighted by Crippen LogP contribution is 2.10. The van der Waals surface area contributed by atoms with Gasteiger partial charge in [-0.25, -0.2) is 4.79 Å². The Balaban J connectivity index is 1.80. The fourth-order valence-electron chi connectivity index (χ4n) is 3.14. The molecule has 1 aliphatic heterocycles. The summed E-state index contributed by atoms with van der Waals surface area (Å²) in [6.07, 6.45) is 4.81. The number of benzene rings is 1. The van der Waals surface area contributed by atoms with E-state index in [1.807, 2.05) is 30.3 Å². The molecule has 0 atom stereocenters. The lowest BCUT2D eigenvalue weighted by Gasteiger charge is -2.23. The topological polar surface area (TPSA) is 61.9 Å². The second kappa shape index (κ2) is 11.5. The van der Waals surface area contributed by atoms with Gasteiger partial charge in [0.15, 0.2) is 0 Å². The summed E-state index contributed by atoms with van der Waals surface area (Å²) in [5.74, 6) is -0.262. The van der Waals surface area contributed by atoms with Crippen molar-refractivity contribution in [2.75, 3.05) is 44.6 Å². The molecule has 0 bridgehead atoms. The lowest BCUT2D eigenvalue weighted by molar-refractivity contribution is -0.143. The fraction of sp³-hybridized carbons (Fsp3) is 0.600. The van der Waals surface area contributed by atoms with E-state index in [2.05, 4.69) is 10.2 Å². The van der Waals surface area contributed by atoms with Crippen LogP contribution in [0.4, 0.5) is 10.5 Å². The predicted octanol–water partition coefficient (Wildman–Crippen LogP) is 3.35. The zero-order valence-corrected chi connectivity index (χ0v) is 15.8. The number of para-hydroxylation sites is 1. The number of rotatable bonds is 10. The first kappa shape index (κ1) is 20.2. The number of unbranched alkanes of at least 4 members (excludes halogenated alkanes) is 1. The summed E-state index contributed by atoms with van der Waals surface area (Å²) in [6, 6.07) is 9.22. The molecule has 6 nitrogen and oxygen atoms in total. The van der Waals surface area contributed by atoms with Gasteiger partial charge in [-0.2, -0.15) is 0 Å². The number of urea groups is 1. The number of anilines is 1. The Kier molecular flexibility index (Phi) is 8.96. The van der Waals surface area contributed by atoms with Crippen LogP contribution in [0, 0.1) is 0 Å². The number of hydrogen-bond acceptors (Lipinski definition) is 4. The van der Waals surface area contributed by atoms with Crippen LogP contribution in [0.2, 0.25) is 0 Å². The Hall–Kier alpha value is -2.08. The van der Waals surface area contributed by atoms with Gasteiger partial charge in [0.1, 0.15) is 0 Å². The average Bonchev–Trinajstić information content (AvgIpc) is 3.15. The van der Waals surface area contributed by atoms with Crippen molar-refractivity contribution in [2.45, 2.75) is 39.0 Å². The van der Waals surface area contributed by atoms with Crippen molar-refractivity contribution in [3.63, 3.8) is 0 Å². The molecular formula is C20H31N3O3. The van der Waals surface area contributed by atoms with Crippen LogP contribution in [0.5, 0.6) is 0 Å². The molecule has 1 saturated heterocycles. The third kappa shape index (κ3) is 7.44. The molecule has 6 heteroatoms. The van der Waals surface area contributed by atoms with Crippen LogP contribution in [0.25, 0.3) is 0 Å². The minimum atomic E-state index is -0.262. The molecule has 1 aromatic rings. The van der Waals surface area contributed by atoms with Crippen LogP contribution in [0.3, 0.4) is 0 Å². The predicted molar refractivity (Wildman–Crippen MR) is 103 cm³/mol. The third-order valence-electron chi connectivity index (χ3n) is 4.55. The number of ether oxygens (including phenoxy) is 1. The SMILES string of the molecule is CCOC(=O)CCN(CCCCN1CCCC1)C(=O)Nc1ccccc1. The molecule has 1 aromatic carbocycles. The number of esters is 1. The number of carbonyl (C=O) groups excluding carboxylic acids is 2. The highest BCUT2D eigenvalue weighted by Gasteiger charge is 2.16. The van der Waals surface area contributed by atoms with Crippen molar-refractivity contribution in [1.29, 1.82) is 0 Å². The normalized spacial score (nSPS) is 14.2. The summed E-state index contributed by atoms with van der Waals surface area (Å²) in [7, 11) is 0. The largest absolute Gasteiger partial charge is 0.466 e. The maximum atomic E-state index is 12.6. The monoisotopic (exact) mass is 361 g/mol. The van der Waals surface area contributed by atoms with Crippen molar-refractivity contribution in [2.24, 2.45) is 0 Å². The van der Waals surface area contributed by atoms with Gasteiger partial charge in [-0.05, 0) is 64.4 Å². The van der Waals surface area contributed by atoms with Gasteiger partial charge in [0.2, 0.25) is 0 Å². The molecule has 26 heavy (non-hydrogen) atoms. The summed E-state index contributed by atoms with van der Waals surface area (Å²) >= 11 is 0. The fourth-order valence-corrected chi connectivity index (χ4v) is 3.14. The highest BCUT2D eigenvalue weighted by molar-refractivity contribution is 5.89. The van der Waals surface area contributed by atoms with Crippen molar-refractivity contribution < 1.29 is 14.3 Å². The van der Waals surface area contributed by atoms with E-state index in [1.165, 1.54) is 25.9 Å². The van der Waals surface area contributed by atoms with Gasteiger partial charge in [-0.1, -0.05) is 18.2 Å². The van der Waals surface area contributed by atoms with Gasteiger partial charge in [-0.3, -0.25) is 4.79 Å². The maximum absolute atomic E-state index is 12.6. The Morgan fingerprint density at radius 2 is 1.85 bits per heavy atom. The number of nitrogens with zero attached hydrogens (tertiary/aromatic N) is 2. The summed E-state index contributed by atoms with van der Waals surface area (Å²) in [6.45, 7) is 6.66. The van der Waals surface area contributed by atoms with E-state index in [0.717, 1.165) is 25.1 Å². The van der Waals surface area contributed by atoms with Gasteiger partial charge in [0.05, 0.1) is 13.0 Å². The van der Waals surface area contributed by atoms with E-state index >= 15 is 0 Å². The standard InChI is InChI=1S/C20H31N3O3/c1-2-26-19(24)12-17-23(16-9-8-15-22-13-6-7-14-22)20(25)21-18-10-4-3-5-11-18/h3-5,10-11H,2,6-9,12-17H2,1H3,(H,21,25). The second-order valence-corrected chi connectivity index (χ2v) is 6.59. The summed E-state index contributed by atoms with van der Waals surface area (Å²) in [5.41, 5.74) is 0.760. The molecule has 0 aliphatic carbocycles. The molecule has 1 aliphatic rings. The second-order valence-electron chi connectivity index (χ2n) is 6.59. The molecule has 2 amide bonds. The molecule has 0 radical (unpaired) electrons. The van der Waals surface area contributed by atoms with Crippen LogP contribution >= 0.6 is 0 Å². The zero-order valence-electron chi connectivity index (χ0n) is 15.8. The Labute approximate surface area is 156 Å². The quantitative estimate of drug-likeness (QED) is 0.513. The Morgan fingerprint density at radius 1 is 1.12 bits per heavy atom. The Morgan fingerprint density at radius 3 is 2.54 bits per heavy atom. The average molecular weight is 361 g/mol. The molecule has 0 aromatic heterocycles. The maximum Gasteiger partial charge on any atom is 0.321 e. The van der Waals surface area contributed by atoms with E-state index in [-0.39, 0.29) is 18.4 Å². The van der Waals surface area contributed by atoms with Crippen LogP contribution in [0.1, 0.15) is 39.0 Å². The highest BCUT2D eigenvalue weighted by atomic mass is 16.5. The first-order valence-electron chi connectivity index (χ1n) is 9.68. The van der Waals surface area contributed by atoms with Gasteiger partial charge in [0, 0.05) is 18.8 Å². The van der Waals surface area contributed by atoms with Crippen molar-refractivity contribution in [3.8, 4) is 0 Å². The van der Waals surface area contributed by atoms with Crippen LogP contribution in [0.15, 0.2) is 30.3 Å². The molecule has 0 saturated carbocycles. The van der Waals surface area contributed by atoms with Crippen molar-refractivity contribution in [1.82, 2.24) is 9.80 Å². The summed E-state index contributed by atoms with van der Waals surface area (Å²) < 4.78 is 4.98. The van der Waals surface area contributed by atoms with Crippen LogP contribution in [-0.2, 0) is 9.53 Å². The number of likely N-dealkylation sites (tertiary alicyclic amines) is 1. The van der Waals surface area contributed by atoms with Gasteiger partial charge >= 0.3 is 12.0 Å². The van der Waals surface area contributed by atoms with Crippen LogP contribution < -0.4 is 5.32 Å². The van der Waals surface area contributed by atoms with Gasteiger partial charge < -0.3 is 19.9 Å². The minimum Gasteiger partial charge on any atom is -0.466 e. The summed E-state index contributed by atoms with van der Waals surface area (Å²) in [4.78, 5) is 28.4. The van der Waals surface area contributed by atoms with E-state index in [4.69, 9.17) is 4.74 Å². The minimum absolute atomic E-state index is 0.165. The third-order valence-corrected chi connectivity index (χ3v) is 4.55. The zero-order chi connectivity index (χ0) is 18.6. The van der Waals surface area contributed by atoms with E-state index in [1.54, 1.807) is 11.8 Å². The number of carbonyl (C=O) groups is 2. The van der Waals surface area contributed by atoms with Gasteiger partial charge in [0.25, 0.3) is 0 Å². The molecule has 1 fully saturated rings. The first-order valence-corrected chi connectivity index (χ1v) is 9.68. The van der Waals surface area contributed by atoms with E-state index in [0.29, 0.717) is 19.7 Å². The van der Waals surface area contributed by atoms with Gasteiger partial charge in [-0.15, -0.1) is 0 Å². The van der Waals surface area contributed by atoms with E-state index < -0.39 is 0 Å². The first-order chi connectivity index (χ1) is 12.7. The lowest BCUT2D eigenvalue weighted by Crippen LogP contribution is -2.37. The molecule has 1 heterocycles. The van der Waals surface area contributed by atoms with E-state index in [9.17, 15) is 9.59 Å². The number of nitrogens with one attached hydrogen (secondary N) is 1. The van der Waals surface area contributed by atoms with Crippen molar-refractivity contribution >= 4 is 17.7 Å². The smallest absolute Gasteiger partial charge is 0.321 e. The molecule has 144 valence electrons. The van der Waals surface area contributed by atoms with Crippen LogP contribution in [-0.4, -0.2) is 61.1 Å².